The van der Waals surface area contributed by atoms with Gasteiger partial charge in [-0.15, -0.1) is 0 Å². The molecule has 1 aliphatic rings. The van der Waals surface area contributed by atoms with Gasteiger partial charge in [-0.25, -0.2) is 0 Å². The van der Waals surface area contributed by atoms with Gasteiger partial charge < -0.3 is 5.11 Å². The van der Waals surface area contributed by atoms with Crippen molar-refractivity contribution in [2.75, 3.05) is 0 Å². The van der Waals surface area contributed by atoms with Crippen LogP contribution >= 0.6 is 0 Å². The largest absolute Gasteiger partial charge is 0.390 e. The van der Waals surface area contributed by atoms with Crippen molar-refractivity contribution in [2.45, 2.75) is 65.4 Å². The molecule has 0 aromatic carbocycles. The van der Waals surface area contributed by atoms with E-state index in [1.807, 2.05) is 6.92 Å². The molecule has 3 unspecified atom stereocenters. The first kappa shape index (κ1) is 12.0. The molecule has 0 radical (unpaired) electrons. The average Bonchev–Trinajstić information content (AvgIpc) is 2.08. The maximum absolute atomic E-state index is 10.3. The summed E-state index contributed by atoms with van der Waals surface area (Å²) in [7, 11) is 0. The third kappa shape index (κ3) is 2.73. The number of aliphatic hydroxyl groups is 1. The Morgan fingerprint density at radius 3 is 2.57 bits per heavy atom. The Labute approximate surface area is 88.9 Å². The van der Waals surface area contributed by atoms with Crippen LogP contribution in [0.15, 0.2) is 0 Å². The van der Waals surface area contributed by atoms with Crippen molar-refractivity contribution in [3.8, 4) is 0 Å². The fourth-order valence-electron chi connectivity index (χ4n) is 2.80. The Bertz CT molecular complexity index is 172. The highest BCUT2D eigenvalue weighted by atomic mass is 16.3. The van der Waals surface area contributed by atoms with Crippen LogP contribution in [0.25, 0.3) is 0 Å². The summed E-state index contributed by atoms with van der Waals surface area (Å²) in [6, 6.07) is 0. The second-order valence-corrected chi connectivity index (χ2v) is 5.62. The van der Waals surface area contributed by atoms with Crippen LogP contribution < -0.4 is 0 Å². The van der Waals surface area contributed by atoms with Crippen LogP contribution in [0.3, 0.4) is 0 Å². The summed E-state index contributed by atoms with van der Waals surface area (Å²) in [5.41, 5.74) is -0.387. The Morgan fingerprint density at radius 1 is 1.43 bits per heavy atom. The zero-order valence-corrected chi connectivity index (χ0v) is 10.2. The first-order valence-corrected chi connectivity index (χ1v) is 6.19. The van der Waals surface area contributed by atoms with Gasteiger partial charge in [-0.2, -0.15) is 0 Å². The smallest absolute Gasteiger partial charge is 0.0648 e. The van der Waals surface area contributed by atoms with Gasteiger partial charge >= 0.3 is 0 Å². The standard InChI is InChI=1S/C13H26O/c1-5-6-12-9-11(10(2)3)7-8-13(12,4)14/h10-12,14H,5-9H2,1-4H3. The fourth-order valence-corrected chi connectivity index (χ4v) is 2.80. The highest BCUT2D eigenvalue weighted by Gasteiger charge is 2.38. The van der Waals surface area contributed by atoms with Crippen LogP contribution in [0.1, 0.15) is 59.8 Å². The average molecular weight is 198 g/mol. The zero-order chi connectivity index (χ0) is 10.8. The third-order valence-electron chi connectivity index (χ3n) is 4.07. The monoisotopic (exact) mass is 198 g/mol. The van der Waals surface area contributed by atoms with Crippen LogP contribution in [0.5, 0.6) is 0 Å². The van der Waals surface area contributed by atoms with Crippen LogP contribution in [0.2, 0.25) is 0 Å². The minimum Gasteiger partial charge on any atom is -0.390 e. The van der Waals surface area contributed by atoms with Gasteiger partial charge in [0.15, 0.2) is 0 Å². The second-order valence-electron chi connectivity index (χ2n) is 5.62. The lowest BCUT2D eigenvalue weighted by molar-refractivity contribution is -0.0556. The predicted molar refractivity (Wildman–Crippen MR) is 61.2 cm³/mol. The molecule has 3 atom stereocenters. The lowest BCUT2D eigenvalue weighted by Gasteiger charge is -2.42. The molecule has 1 heteroatoms. The Morgan fingerprint density at radius 2 is 2.07 bits per heavy atom. The molecule has 0 saturated heterocycles. The van der Waals surface area contributed by atoms with Gasteiger partial charge in [-0.05, 0) is 50.4 Å². The molecule has 0 aromatic heterocycles. The van der Waals surface area contributed by atoms with Crippen LogP contribution in [0.4, 0.5) is 0 Å². The SMILES string of the molecule is CCCC1CC(C(C)C)CCC1(C)O. The van der Waals surface area contributed by atoms with E-state index < -0.39 is 0 Å². The molecule has 0 aliphatic heterocycles. The lowest BCUT2D eigenvalue weighted by atomic mass is 9.67. The van der Waals surface area contributed by atoms with E-state index >= 15 is 0 Å². The van der Waals surface area contributed by atoms with Gasteiger partial charge in [0.2, 0.25) is 0 Å². The van der Waals surface area contributed by atoms with Gasteiger partial charge in [0.1, 0.15) is 0 Å². The first-order valence-electron chi connectivity index (χ1n) is 6.19. The maximum Gasteiger partial charge on any atom is 0.0648 e. The summed E-state index contributed by atoms with van der Waals surface area (Å²) in [5, 5.41) is 10.3. The van der Waals surface area contributed by atoms with E-state index in [2.05, 4.69) is 20.8 Å². The first-order chi connectivity index (χ1) is 6.47. The van der Waals surface area contributed by atoms with Crippen molar-refractivity contribution in [1.82, 2.24) is 0 Å². The van der Waals surface area contributed by atoms with Crippen molar-refractivity contribution in [1.29, 1.82) is 0 Å². The molecule has 0 bridgehead atoms. The number of rotatable bonds is 3. The quantitative estimate of drug-likeness (QED) is 0.734. The number of hydrogen-bond acceptors (Lipinski definition) is 1. The molecule has 1 nitrogen and oxygen atoms in total. The van der Waals surface area contributed by atoms with Crippen molar-refractivity contribution in [2.24, 2.45) is 17.8 Å². The summed E-state index contributed by atoms with van der Waals surface area (Å²) in [6.07, 6.45) is 5.84. The fraction of sp³-hybridized carbons (Fsp3) is 1.00. The summed E-state index contributed by atoms with van der Waals surface area (Å²) in [5.74, 6) is 2.16. The molecular weight excluding hydrogens is 172 g/mol. The van der Waals surface area contributed by atoms with E-state index in [0.717, 1.165) is 18.3 Å². The molecule has 1 saturated carbocycles. The second kappa shape index (κ2) is 4.65. The maximum atomic E-state index is 10.3. The minimum atomic E-state index is -0.387. The van der Waals surface area contributed by atoms with E-state index in [1.165, 1.54) is 25.7 Å². The highest BCUT2D eigenvalue weighted by Crippen LogP contribution is 2.41. The molecule has 1 rings (SSSR count). The van der Waals surface area contributed by atoms with Crippen molar-refractivity contribution < 1.29 is 5.11 Å². The normalized spacial score (nSPS) is 39.0. The summed E-state index contributed by atoms with van der Waals surface area (Å²) in [4.78, 5) is 0. The van der Waals surface area contributed by atoms with E-state index in [9.17, 15) is 5.11 Å². The zero-order valence-electron chi connectivity index (χ0n) is 10.2. The third-order valence-corrected chi connectivity index (χ3v) is 4.07. The van der Waals surface area contributed by atoms with Gasteiger partial charge in [0.05, 0.1) is 5.60 Å². The molecule has 14 heavy (non-hydrogen) atoms. The highest BCUT2D eigenvalue weighted by molar-refractivity contribution is 4.89. The summed E-state index contributed by atoms with van der Waals surface area (Å²) < 4.78 is 0. The van der Waals surface area contributed by atoms with Gasteiger partial charge in [-0.1, -0.05) is 27.2 Å². The van der Waals surface area contributed by atoms with E-state index in [1.54, 1.807) is 0 Å². The molecule has 1 N–H and O–H groups in total. The van der Waals surface area contributed by atoms with Crippen LogP contribution in [0, 0.1) is 17.8 Å². The van der Waals surface area contributed by atoms with Gasteiger partial charge in [-0.3, -0.25) is 0 Å². The lowest BCUT2D eigenvalue weighted by Crippen LogP contribution is -2.41. The van der Waals surface area contributed by atoms with Gasteiger partial charge in [0.25, 0.3) is 0 Å². The molecule has 0 heterocycles. The Kier molecular flexibility index (Phi) is 4.00. The molecule has 84 valence electrons. The molecule has 1 aliphatic carbocycles. The van der Waals surface area contributed by atoms with Crippen molar-refractivity contribution in [3.63, 3.8) is 0 Å². The number of hydrogen-bond donors (Lipinski definition) is 1. The van der Waals surface area contributed by atoms with Crippen molar-refractivity contribution in [3.05, 3.63) is 0 Å². The van der Waals surface area contributed by atoms with E-state index in [0.29, 0.717) is 5.92 Å². The van der Waals surface area contributed by atoms with E-state index in [4.69, 9.17) is 0 Å². The predicted octanol–water partition coefficient (Wildman–Crippen LogP) is 3.61. The Hall–Kier alpha value is -0.0400. The van der Waals surface area contributed by atoms with E-state index in [-0.39, 0.29) is 5.60 Å². The molecule has 0 spiro atoms. The molecule has 0 amide bonds. The molecular formula is C13H26O. The topological polar surface area (TPSA) is 20.2 Å². The Balaban J connectivity index is 2.58. The van der Waals surface area contributed by atoms with Gasteiger partial charge in [0, 0.05) is 0 Å². The molecule has 1 fully saturated rings. The molecule has 0 aromatic rings. The van der Waals surface area contributed by atoms with Crippen molar-refractivity contribution >= 4 is 0 Å². The van der Waals surface area contributed by atoms with Crippen LogP contribution in [-0.2, 0) is 0 Å². The van der Waals surface area contributed by atoms with Crippen LogP contribution in [-0.4, -0.2) is 10.7 Å². The summed E-state index contributed by atoms with van der Waals surface area (Å²) >= 11 is 0. The summed E-state index contributed by atoms with van der Waals surface area (Å²) in [6.45, 7) is 8.88. The minimum absolute atomic E-state index is 0.387.